The second kappa shape index (κ2) is 24.7. The molecular weight excluding hydrogens is 408 g/mol. The van der Waals surface area contributed by atoms with Crippen molar-refractivity contribution in [1.82, 2.24) is 0 Å². The summed E-state index contributed by atoms with van der Waals surface area (Å²) < 4.78 is 5.58. The predicted molar refractivity (Wildman–Crippen MR) is 144 cm³/mol. The Morgan fingerprint density at radius 2 is 0.970 bits per heavy atom. The Morgan fingerprint density at radius 1 is 0.576 bits per heavy atom. The van der Waals surface area contributed by atoms with Gasteiger partial charge in [-0.3, -0.25) is 4.79 Å². The molecule has 0 aromatic carbocycles. The van der Waals surface area contributed by atoms with Gasteiger partial charge < -0.3 is 9.84 Å². The third-order valence-corrected chi connectivity index (χ3v) is 6.98. The largest absolute Gasteiger partial charge is 0.387 e. The van der Waals surface area contributed by atoms with Gasteiger partial charge in [-0.1, -0.05) is 123 Å². The van der Waals surface area contributed by atoms with Gasteiger partial charge >= 0.3 is 0 Å². The van der Waals surface area contributed by atoms with Gasteiger partial charge in [0.05, 0.1) is 12.2 Å². The summed E-state index contributed by atoms with van der Waals surface area (Å²) in [7, 11) is 0. The zero-order chi connectivity index (χ0) is 24.5. The Kier molecular flexibility index (Phi) is 24.4. The molecule has 0 radical (unpaired) electrons. The van der Waals surface area contributed by atoms with Crippen LogP contribution in [0.25, 0.3) is 0 Å². The van der Waals surface area contributed by atoms with E-state index in [2.05, 4.69) is 13.8 Å². The van der Waals surface area contributed by atoms with E-state index in [-0.39, 0.29) is 0 Å². The number of rotatable bonds is 27. The minimum Gasteiger partial charge on any atom is -0.387 e. The van der Waals surface area contributed by atoms with Crippen LogP contribution in [0.4, 0.5) is 0 Å². The third kappa shape index (κ3) is 23.1. The molecule has 1 unspecified atom stereocenters. The van der Waals surface area contributed by atoms with Crippen LogP contribution in [0.3, 0.4) is 0 Å². The molecule has 0 aromatic rings. The normalized spacial score (nSPS) is 13.3. The van der Waals surface area contributed by atoms with E-state index in [4.69, 9.17) is 4.74 Å². The van der Waals surface area contributed by atoms with Crippen LogP contribution in [-0.2, 0) is 9.53 Å². The van der Waals surface area contributed by atoms with Crippen molar-refractivity contribution in [2.45, 2.75) is 174 Å². The monoisotopic (exact) mass is 468 g/mol. The van der Waals surface area contributed by atoms with Crippen LogP contribution in [0.1, 0.15) is 168 Å². The topological polar surface area (TPSA) is 46.5 Å². The minimum atomic E-state index is -0.754. The SMILES string of the molecule is CCCCCCCCCCCCCCCCC(O)(CCCC(=O)CCCCCC)COCC. The number of carbonyl (C=O) groups is 1. The van der Waals surface area contributed by atoms with Crippen molar-refractivity contribution in [2.75, 3.05) is 13.2 Å². The molecule has 3 heteroatoms. The molecule has 198 valence electrons. The van der Waals surface area contributed by atoms with Gasteiger partial charge in [0, 0.05) is 19.4 Å². The number of ether oxygens (including phenoxy) is 1. The highest BCUT2D eigenvalue weighted by molar-refractivity contribution is 5.78. The van der Waals surface area contributed by atoms with Gasteiger partial charge in [0.1, 0.15) is 5.78 Å². The van der Waals surface area contributed by atoms with Gasteiger partial charge in [-0.05, 0) is 32.6 Å². The highest BCUT2D eigenvalue weighted by atomic mass is 16.5. The molecule has 0 aromatic heterocycles. The molecule has 0 spiro atoms. The number of ketones is 1. The van der Waals surface area contributed by atoms with E-state index in [1.807, 2.05) is 6.92 Å². The molecule has 0 aliphatic rings. The first kappa shape index (κ1) is 32.6. The maximum atomic E-state index is 12.1. The summed E-state index contributed by atoms with van der Waals surface area (Å²) in [5, 5.41) is 11.1. The molecule has 0 aliphatic heterocycles. The third-order valence-electron chi connectivity index (χ3n) is 6.98. The van der Waals surface area contributed by atoms with Crippen molar-refractivity contribution in [3.05, 3.63) is 0 Å². The number of unbranched alkanes of at least 4 members (excludes halogenated alkanes) is 16. The Bertz CT molecular complexity index is 409. The summed E-state index contributed by atoms with van der Waals surface area (Å²) in [6, 6.07) is 0. The summed E-state index contributed by atoms with van der Waals surface area (Å²) in [6.45, 7) is 7.50. The predicted octanol–water partition coefficient (Wildman–Crippen LogP) is 9.34. The first-order valence-corrected chi connectivity index (χ1v) is 14.9. The van der Waals surface area contributed by atoms with E-state index in [1.54, 1.807) is 0 Å². The van der Waals surface area contributed by atoms with Crippen molar-refractivity contribution in [3.8, 4) is 0 Å². The Hall–Kier alpha value is -0.410. The van der Waals surface area contributed by atoms with E-state index in [0.717, 1.165) is 32.1 Å². The van der Waals surface area contributed by atoms with E-state index in [9.17, 15) is 9.90 Å². The molecule has 0 saturated heterocycles. The maximum absolute atomic E-state index is 12.1. The zero-order valence-corrected chi connectivity index (χ0v) is 22.9. The molecule has 0 amide bonds. The second-order valence-electron chi connectivity index (χ2n) is 10.4. The van der Waals surface area contributed by atoms with E-state index < -0.39 is 5.60 Å². The number of aliphatic hydroxyl groups is 1. The molecule has 0 heterocycles. The lowest BCUT2D eigenvalue weighted by Gasteiger charge is -2.28. The Morgan fingerprint density at radius 3 is 1.45 bits per heavy atom. The molecule has 1 atom stereocenters. The molecular formula is C30H60O3. The van der Waals surface area contributed by atoms with Crippen molar-refractivity contribution in [2.24, 2.45) is 0 Å². The van der Waals surface area contributed by atoms with Gasteiger partial charge in [-0.25, -0.2) is 0 Å². The van der Waals surface area contributed by atoms with Gasteiger partial charge in [0.25, 0.3) is 0 Å². The Balaban J connectivity index is 3.77. The fourth-order valence-electron chi connectivity index (χ4n) is 4.70. The summed E-state index contributed by atoms with van der Waals surface area (Å²) in [4.78, 5) is 12.1. The maximum Gasteiger partial charge on any atom is 0.132 e. The van der Waals surface area contributed by atoms with Crippen LogP contribution in [0.2, 0.25) is 0 Å². The molecule has 1 N–H and O–H groups in total. The van der Waals surface area contributed by atoms with Crippen molar-refractivity contribution in [3.63, 3.8) is 0 Å². The first-order valence-electron chi connectivity index (χ1n) is 14.9. The number of Topliss-reactive ketones (excluding diaryl/α,β-unsaturated/α-hetero) is 1. The minimum absolute atomic E-state index is 0.362. The van der Waals surface area contributed by atoms with Crippen molar-refractivity contribution >= 4 is 5.78 Å². The number of hydrogen-bond donors (Lipinski definition) is 1. The Labute approximate surface area is 207 Å². The summed E-state index contributed by atoms with van der Waals surface area (Å²) in [6.07, 6.45) is 27.1. The molecule has 3 nitrogen and oxygen atoms in total. The van der Waals surface area contributed by atoms with Crippen LogP contribution >= 0.6 is 0 Å². The van der Waals surface area contributed by atoms with Crippen molar-refractivity contribution < 1.29 is 14.6 Å². The van der Waals surface area contributed by atoms with Gasteiger partial charge in [-0.15, -0.1) is 0 Å². The summed E-state index contributed by atoms with van der Waals surface area (Å²) >= 11 is 0. The van der Waals surface area contributed by atoms with E-state index in [0.29, 0.717) is 38.3 Å². The van der Waals surface area contributed by atoms with Crippen LogP contribution in [0, 0.1) is 0 Å². The van der Waals surface area contributed by atoms with Crippen LogP contribution < -0.4 is 0 Å². The smallest absolute Gasteiger partial charge is 0.132 e. The average Bonchev–Trinajstić information content (AvgIpc) is 2.81. The fourth-order valence-corrected chi connectivity index (χ4v) is 4.70. The molecule has 0 fully saturated rings. The number of carbonyl (C=O) groups excluding carboxylic acids is 1. The van der Waals surface area contributed by atoms with Gasteiger partial charge in [-0.2, -0.15) is 0 Å². The zero-order valence-electron chi connectivity index (χ0n) is 22.9. The van der Waals surface area contributed by atoms with Gasteiger partial charge in [0.15, 0.2) is 0 Å². The van der Waals surface area contributed by atoms with Crippen LogP contribution in [0.5, 0.6) is 0 Å². The van der Waals surface area contributed by atoms with Crippen molar-refractivity contribution in [1.29, 1.82) is 0 Å². The number of hydrogen-bond acceptors (Lipinski definition) is 3. The van der Waals surface area contributed by atoms with Crippen LogP contribution in [-0.4, -0.2) is 29.7 Å². The fraction of sp³-hybridized carbons (Fsp3) is 0.967. The summed E-state index contributed by atoms with van der Waals surface area (Å²) in [5.41, 5.74) is -0.754. The van der Waals surface area contributed by atoms with Crippen LogP contribution in [0.15, 0.2) is 0 Å². The van der Waals surface area contributed by atoms with E-state index >= 15 is 0 Å². The lowest BCUT2D eigenvalue weighted by atomic mass is 9.90. The molecule has 33 heavy (non-hydrogen) atoms. The molecule has 0 bridgehead atoms. The van der Waals surface area contributed by atoms with E-state index in [1.165, 1.54) is 96.3 Å². The average molecular weight is 469 g/mol. The highest BCUT2D eigenvalue weighted by Crippen LogP contribution is 2.24. The lowest BCUT2D eigenvalue weighted by molar-refractivity contribution is -0.119. The summed E-state index contributed by atoms with van der Waals surface area (Å²) in [5.74, 6) is 0.362. The molecule has 0 rings (SSSR count). The second-order valence-corrected chi connectivity index (χ2v) is 10.4. The highest BCUT2D eigenvalue weighted by Gasteiger charge is 2.26. The lowest BCUT2D eigenvalue weighted by Crippen LogP contribution is -2.34. The molecule has 0 aliphatic carbocycles. The quantitative estimate of drug-likeness (QED) is 0.122. The standard InChI is InChI=1S/C30H60O3/c1-4-7-9-11-12-13-14-15-16-17-18-19-20-22-26-30(32,28-33-6-3)27-23-25-29(31)24-21-10-8-5-2/h32H,4-28H2,1-3H3. The molecule has 0 saturated carbocycles. The van der Waals surface area contributed by atoms with Gasteiger partial charge in [0.2, 0.25) is 0 Å². The first-order chi connectivity index (χ1) is 16.1.